The van der Waals surface area contributed by atoms with Gasteiger partial charge in [0, 0.05) is 13.2 Å². The van der Waals surface area contributed by atoms with Gasteiger partial charge in [0.1, 0.15) is 13.2 Å². The highest BCUT2D eigenvalue weighted by molar-refractivity contribution is 5.95. The van der Waals surface area contributed by atoms with E-state index in [1.54, 1.807) is 18.2 Å². The minimum absolute atomic E-state index is 0.187. The standard InChI is InChI=1S/C20H30O6/c1-3-5-10-23-12-14-25-19(21)17-8-7-9-18(16-17)20(22)26-15-13-24-11-6-4-2/h7-9,16H,3-6,10-15H2,1-2H3. The molecule has 0 heterocycles. The van der Waals surface area contributed by atoms with E-state index in [-0.39, 0.29) is 13.2 Å². The fraction of sp³-hybridized carbons (Fsp3) is 0.600. The van der Waals surface area contributed by atoms with Crippen molar-refractivity contribution in [1.29, 1.82) is 0 Å². The number of esters is 2. The first-order valence-electron chi connectivity index (χ1n) is 9.28. The molecule has 0 saturated heterocycles. The van der Waals surface area contributed by atoms with E-state index in [4.69, 9.17) is 18.9 Å². The van der Waals surface area contributed by atoms with Gasteiger partial charge in [-0.2, -0.15) is 0 Å². The average Bonchev–Trinajstić information content (AvgIpc) is 2.67. The van der Waals surface area contributed by atoms with Crippen molar-refractivity contribution in [2.24, 2.45) is 0 Å². The summed E-state index contributed by atoms with van der Waals surface area (Å²) in [4.78, 5) is 24.0. The molecule has 0 bridgehead atoms. The van der Waals surface area contributed by atoms with Gasteiger partial charge in [-0.3, -0.25) is 0 Å². The molecule has 0 N–H and O–H groups in total. The molecule has 0 aliphatic heterocycles. The van der Waals surface area contributed by atoms with Crippen LogP contribution in [0.1, 0.15) is 60.2 Å². The van der Waals surface area contributed by atoms with Crippen molar-refractivity contribution in [3.05, 3.63) is 35.4 Å². The van der Waals surface area contributed by atoms with Crippen molar-refractivity contribution >= 4 is 11.9 Å². The van der Waals surface area contributed by atoms with Crippen LogP contribution in [0.3, 0.4) is 0 Å². The van der Waals surface area contributed by atoms with Crippen molar-refractivity contribution in [2.45, 2.75) is 39.5 Å². The van der Waals surface area contributed by atoms with Gasteiger partial charge in [0.05, 0.1) is 24.3 Å². The van der Waals surface area contributed by atoms with Gasteiger partial charge in [-0.15, -0.1) is 0 Å². The highest BCUT2D eigenvalue weighted by Gasteiger charge is 2.12. The summed E-state index contributed by atoms with van der Waals surface area (Å²) in [6.07, 6.45) is 4.10. The number of unbranched alkanes of at least 4 members (excludes halogenated alkanes) is 2. The quantitative estimate of drug-likeness (QED) is 0.370. The topological polar surface area (TPSA) is 71.1 Å². The lowest BCUT2D eigenvalue weighted by Crippen LogP contribution is -2.14. The molecular formula is C20H30O6. The molecule has 0 radical (unpaired) electrons. The second-order valence-corrected chi connectivity index (χ2v) is 5.78. The Hall–Kier alpha value is -1.92. The average molecular weight is 366 g/mol. The molecule has 0 atom stereocenters. The number of rotatable bonds is 14. The number of carbonyl (C=O) groups excluding carboxylic acids is 2. The summed E-state index contributed by atoms with van der Waals surface area (Å²) in [6, 6.07) is 6.30. The Bertz CT molecular complexity index is 486. The van der Waals surface area contributed by atoms with Crippen molar-refractivity contribution in [3.63, 3.8) is 0 Å². The summed E-state index contributed by atoms with van der Waals surface area (Å²) in [5, 5.41) is 0. The summed E-state index contributed by atoms with van der Waals surface area (Å²) in [6.45, 7) is 6.60. The van der Waals surface area contributed by atoms with Crippen molar-refractivity contribution in [3.8, 4) is 0 Å². The zero-order valence-electron chi connectivity index (χ0n) is 15.8. The van der Waals surface area contributed by atoms with Gasteiger partial charge >= 0.3 is 11.9 Å². The van der Waals surface area contributed by atoms with Gasteiger partial charge in [-0.05, 0) is 31.0 Å². The van der Waals surface area contributed by atoms with E-state index in [2.05, 4.69) is 13.8 Å². The van der Waals surface area contributed by atoms with Crippen LogP contribution in [-0.4, -0.2) is 51.6 Å². The molecule has 0 aliphatic rings. The molecule has 0 fully saturated rings. The second-order valence-electron chi connectivity index (χ2n) is 5.78. The van der Waals surface area contributed by atoms with E-state index >= 15 is 0 Å². The van der Waals surface area contributed by atoms with Crippen LogP contribution in [0, 0.1) is 0 Å². The largest absolute Gasteiger partial charge is 0.460 e. The molecule has 0 aromatic heterocycles. The van der Waals surface area contributed by atoms with E-state index in [0.29, 0.717) is 37.6 Å². The first-order chi connectivity index (χ1) is 12.7. The van der Waals surface area contributed by atoms with Crippen LogP contribution in [0.25, 0.3) is 0 Å². The van der Waals surface area contributed by atoms with Gasteiger partial charge in [0.2, 0.25) is 0 Å². The van der Waals surface area contributed by atoms with Crippen LogP contribution in [0.15, 0.2) is 24.3 Å². The molecule has 26 heavy (non-hydrogen) atoms. The highest BCUT2D eigenvalue weighted by Crippen LogP contribution is 2.08. The highest BCUT2D eigenvalue weighted by atomic mass is 16.6. The first-order valence-corrected chi connectivity index (χ1v) is 9.28. The van der Waals surface area contributed by atoms with Crippen LogP contribution < -0.4 is 0 Å². The minimum atomic E-state index is -0.485. The molecule has 0 unspecified atom stereocenters. The fourth-order valence-corrected chi connectivity index (χ4v) is 2.02. The predicted octanol–water partition coefficient (Wildman–Crippen LogP) is 3.63. The Morgan fingerprint density at radius 1 is 0.731 bits per heavy atom. The summed E-state index contributed by atoms with van der Waals surface area (Å²) in [5.74, 6) is -0.969. The van der Waals surface area contributed by atoms with E-state index in [1.165, 1.54) is 6.07 Å². The summed E-state index contributed by atoms with van der Waals surface area (Å²) < 4.78 is 21.0. The zero-order valence-corrected chi connectivity index (χ0v) is 15.8. The Balaban J connectivity index is 2.34. The third-order valence-corrected chi connectivity index (χ3v) is 3.54. The molecule has 6 heteroatoms. The first kappa shape index (κ1) is 22.1. The van der Waals surface area contributed by atoms with Crippen molar-refractivity contribution < 1.29 is 28.5 Å². The lowest BCUT2D eigenvalue weighted by atomic mass is 10.1. The Kier molecular flexibility index (Phi) is 12.1. The normalized spacial score (nSPS) is 10.5. The molecule has 1 rings (SSSR count). The van der Waals surface area contributed by atoms with Gasteiger partial charge in [-0.1, -0.05) is 32.8 Å². The van der Waals surface area contributed by atoms with Crippen molar-refractivity contribution in [2.75, 3.05) is 39.6 Å². The van der Waals surface area contributed by atoms with Gasteiger partial charge in [0.25, 0.3) is 0 Å². The molecule has 6 nitrogen and oxygen atoms in total. The molecule has 0 spiro atoms. The smallest absolute Gasteiger partial charge is 0.338 e. The predicted molar refractivity (Wildman–Crippen MR) is 98.5 cm³/mol. The lowest BCUT2D eigenvalue weighted by molar-refractivity contribution is 0.0310. The number of carbonyl (C=O) groups is 2. The summed E-state index contributed by atoms with van der Waals surface area (Å²) in [7, 11) is 0. The van der Waals surface area contributed by atoms with E-state index in [1.807, 2.05) is 0 Å². The second kappa shape index (κ2) is 14.3. The molecule has 0 saturated carbocycles. The van der Waals surface area contributed by atoms with Crippen LogP contribution in [0.5, 0.6) is 0 Å². The summed E-state index contributed by atoms with van der Waals surface area (Å²) in [5.41, 5.74) is 0.624. The number of hydrogen-bond acceptors (Lipinski definition) is 6. The minimum Gasteiger partial charge on any atom is -0.460 e. The molecule has 0 aliphatic carbocycles. The van der Waals surface area contributed by atoms with Gasteiger partial charge in [-0.25, -0.2) is 9.59 Å². The maximum Gasteiger partial charge on any atom is 0.338 e. The van der Waals surface area contributed by atoms with Crippen LogP contribution in [0.4, 0.5) is 0 Å². The molecule has 146 valence electrons. The molecule has 1 aromatic carbocycles. The van der Waals surface area contributed by atoms with Crippen LogP contribution in [0.2, 0.25) is 0 Å². The van der Waals surface area contributed by atoms with E-state index < -0.39 is 11.9 Å². The lowest BCUT2D eigenvalue weighted by Gasteiger charge is -2.08. The SMILES string of the molecule is CCCCOCCOC(=O)c1cccc(C(=O)OCCOCCCC)c1. The van der Waals surface area contributed by atoms with Gasteiger partial charge < -0.3 is 18.9 Å². The zero-order chi connectivity index (χ0) is 19.0. The number of benzene rings is 1. The van der Waals surface area contributed by atoms with Crippen LogP contribution in [-0.2, 0) is 18.9 Å². The fourth-order valence-electron chi connectivity index (χ4n) is 2.02. The third-order valence-electron chi connectivity index (χ3n) is 3.54. The summed E-state index contributed by atoms with van der Waals surface area (Å²) >= 11 is 0. The van der Waals surface area contributed by atoms with Gasteiger partial charge in [0.15, 0.2) is 0 Å². The molecular weight excluding hydrogens is 336 g/mol. The Labute approximate surface area is 155 Å². The maximum atomic E-state index is 12.0. The Morgan fingerprint density at radius 2 is 1.19 bits per heavy atom. The third kappa shape index (κ3) is 9.53. The van der Waals surface area contributed by atoms with Crippen molar-refractivity contribution in [1.82, 2.24) is 0 Å². The van der Waals surface area contributed by atoms with E-state index in [0.717, 1.165) is 25.7 Å². The molecule has 0 amide bonds. The maximum absolute atomic E-state index is 12.0. The monoisotopic (exact) mass is 366 g/mol. The molecule has 1 aromatic rings. The number of ether oxygens (including phenoxy) is 4. The number of hydrogen-bond donors (Lipinski definition) is 0. The van der Waals surface area contributed by atoms with E-state index in [9.17, 15) is 9.59 Å². The Morgan fingerprint density at radius 3 is 1.62 bits per heavy atom. The van der Waals surface area contributed by atoms with Crippen LogP contribution >= 0.6 is 0 Å².